The van der Waals surface area contributed by atoms with Crippen LogP contribution >= 0.6 is 0 Å². The van der Waals surface area contributed by atoms with Crippen molar-refractivity contribution in [2.45, 2.75) is 38.9 Å². The quantitative estimate of drug-likeness (QED) is 0.621. The summed E-state index contributed by atoms with van der Waals surface area (Å²) in [5.41, 5.74) is 0. The Morgan fingerprint density at radius 3 is 2.47 bits per heavy atom. The molecule has 3 aliphatic rings. The Balaban J connectivity index is 1.97. The van der Waals surface area contributed by atoms with E-state index < -0.39 is 8.07 Å². The highest BCUT2D eigenvalue weighted by atomic mass is 28.3. The minimum Gasteiger partial charge on any atom is -0.295 e. The standard InChI is InChI=1S/C13H20OSi/c1-15(2,3)11-7-10-8-4-5-9(6-8)12(10)13(11)14/h7-10,12H,4-6H2,1-3H3. The summed E-state index contributed by atoms with van der Waals surface area (Å²) in [6.07, 6.45) is 6.44. The Kier molecular flexibility index (Phi) is 1.86. The molecular weight excluding hydrogens is 200 g/mol. The van der Waals surface area contributed by atoms with Crippen LogP contribution in [0.25, 0.3) is 0 Å². The molecule has 0 aromatic heterocycles. The van der Waals surface area contributed by atoms with Gasteiger partial charge in [0.25, 0.3) is 0 Å². The lowest BCUT2D eigenvalue weighted by Gasteiger charge is -2.23. The van der Waals surface area contributed by atoms with Gasteiger partial charge < -0.3 is 0 Å². The molecule has 0 spiro atoms. The summed E-state index contributed by atoms with van der Waals surface area (Å²) in [5, 5.41) is 1.26. The molecule has 0 radical (unpaired) electrons. The summed E-state index contributed by atoms with van der Waals surface area (Å²) in [4.78, 5) is 12.4. The van der Waals surface area contributed by atoms with Crippen LogP contribution in [0, 0.1) is 23.7 Å². The van der Waals surface area contributed by atoms with Crippen molar-refractivity contribution < 1.29 is 4.79 Å². The molecule has 0 saturated heterocycles. The molecule has 0 N–H and O–H groups in total. The molecule has 0 aromatic carbocycles. The zero-order valence-electron chi connectivity index (χ0n) is 9.92. The SMILES string of the molecule is C[Si](C)(C)C1=CC2C3CCC(C3)C2C1=O. The van der Waals surface area contributed by atoms with E-state index in [0.717, 1.165) is 11.8 Å². The van der Waals surface area contributed by atoms with Crippen molar-refractivity contribution in [3.05, 3.63) is 11.3 Å². The van der Waals surface area contributed by atoms with Crippen LogP contribution in [-0.4, -0.2) is 13.9 Å². The van der Waals surface area contributed by atoms with Gasteiger partial charge in [-0.15, -0.1) is 0 Å². The Labute approximate surface area is 93.0 Å². The molecule has 4 atom stereocenters. The van der Waals surface area contributed by atoms with Gasteiger partial charge in [-0.2, -0.15) is 0 Å². The highest BCUT2D eigenvalue weighted by molar-refractivity contribution is 6.87. The number of fused-ring (bicyclic) bond motifs is 5. The molecule has 2 saturated carbocycles. The molecule has 3 rings (SSSR count). The fourth-order valence-corrected chi connectivity index (χ4v) is 5.64. The summed E-state index contributed by atoms with van der Waals surface area (Å²) in [6.45, 7) is 6.92. The van der Waals surface area contributed by atoms with E-state index in [4.69, 9.17) is 0 Å². The van der Waals surface area contributed by atoms with Gasteiger partial charge in [-0.1, -0.05) is 25.7 Å². The van der Waals surface area contributed by atoms with Crippen LogP contribution in [-0.2, 0) is 4.79 Å². The Morgan fingerprint density at radius 1 is 1.20 bits per heavy atom. The second-order valence-corrected chi connectivity index (χ2v) is 11.7. The first-order valence-corrected chi connectivity index (χ1v) is 9.75. The third-order valence-electron chi connectivity index (χ3n) is 4.72. The van der Waals surface area contributed by atoms with Crippen molar-refractivity contribution in [2.75, 3.05) is 0 Å². The van der Waals surface area contributed by atoms with E-state index in [9.17, 15) is 4.79 Å². The molecule has 0 aromatic rings. The van der Waals surface area contributed by atoms with Crippen molar-refractivity contribution in [3.63, 3.8) is 0 Å². The number of rotatable bonds is 1. The van der Waals surface area contributed by atoms with Crippen LogP contribution < -0.4 is 0 Å². The van der Waals surface area contributed by atoms with Crippen LogP contribution in [0.4, 0.5) is 0 Å². The van der Waals surface area contributed by atoms with Gasteiger partial charge >= 0.3 is 0 Å². The molecule has 2 bridgehead atoms. The third kappa shape index (κ3) is 1.23. The van der Waals surface area contributed by atoms with Crippen molar-refractivity contribution in [2.24, 2.45) is 23.7 Å². The number of carbonyl (C=O) groups is 1. The number of carbonyl (C=O) groups excluding carboxylic acids is 1. The third-order valence-corrected chi connectivity index (χ3v) is 6.75. The topological polar surface area (TPSA) is 17.1 Å². The lowest BCUT2D eigenvalue weighted by atomic mass is 9.81. The van der Waals surface area contributed by atoms with Gasteiger partial charge in [-0.25, -0.2) is 0 Å². The summed E-state index contributed by atoms with van der Waals surface area (Å²) in [7, 11) is -1.37. The number of ketones is 1. The number of hydrogen-bond donors (Lipinski definition) is 0. The van der Waals surface area contributed by atoms with E-state index in [-0.39, 0.29) is 0 Å². The van der Waals surface area contributed by atoms with Gasteiger partial charge in [0.1, 0.15) is 0 Å². The molecule has 15 heavy (non-hydrogen) atoms. The summed E-state index contributed by atoms with van der Waals surface area (Å²) >= 11 is 0. The van der Waals surface area contributed by atoms with Crippen molar-refractivity contribution >= 4 is 13.9 Å². The predicted octanol–water partition coefficient (Wildman–Crippen LogP) is 3.04. The molecule has 82 valence electrons. The van der Waals surface area contributed by atoms with E-state index in [2.05, 4.69) is 25.7 Å². The maximum absolute atomic E-state index is 12.4. The monoisotopic (exact) mass is 220 g/mol. The van der Waals surface area contributed by atoms with E-state index in [1.54, 1.807) is 0 Å². The van der Waals surface area contributed by atoms with Gasteiger partial charge in [0.15, 0.2) is 5.78 Å². The van der Waals surface area contributed by atoms with Crippen molar-refractivity contribution in [3.8, 4) is 0 Å². The van der Waals surface area contributed by atoms with Gasteiger partial charge in [0.2, 0.25) is 0 Å². The first-order valence-electron chi connectivity index (χ1n) is 6.25. The fraction of sp³-hybridized carbons (Fsp3) is 0.769. The summed E-state index contributed by atoms with van der Waals surface area (Å²) < 4.78 is 0. The van der Waals surface area contributed by atoms with Gasteiger partial charge in [-0.05, 0) is 42.2 Å². The molecule has 4 unspecified atom stereocenters. The van der Waals surface area contributed by atoms with Crippen molar-refractivity contribution in [1.82, 2.24) is 0 Å². The van der Waals surface area contributed by atoms with E-state index >= 15 is 0 Å². The van der Waals surface area contributed by atoms with Gasteiger partial charge in [0, 0.05) is 5.92 Å². The van der Waals surface area contributed by atoms with Crippen LogP contribution in [0.2, 0.25) is 19.6 Å². The highest BCUT2D eigenvalue weighted by Crippen LogP contribution is 2.57. The Hall–Kier alpha value is -0.373. The van der Waals surface area contributed by atoms with Crippen LogP contribution in [0.1, 0.15) is 19.3 Å². The lowest BCUT2D eigenvalue weighted by molar-refractivity contribution is -0.120. The first kappa shape index (κ1) is 9.82. The zero-order chi connectivity index (χ0) is 10.8. The highest BCUT2D eigenvalue weighted by Gasteiger charge is 2.54. The van der Waals surface area contributed by atoms with Gasteiger partial charge in [0.05, 0.1) is 8.07 Å². The Morgan fingerprint density at radius 2 is 1.87 bits per heavy atom. The van der Waals surface area contributed by atoms with Gasteiger partial charge in [-0.3, -0.25) is 4.79 Å². The second-order valence-electron chi connectivity index (χ2n) is 6.63. The van der Waals surface area contributed by atoms with E-state index in [1.807, 2.05) is 0 Å². The smallest absolute Gasteiger partial charge is 0.158 e. The van der Waals surface area contributed by atoms with Crippen LogP contribution in [0.5, 0.6) is 0 Å². The predicted molar refractivity (Wildman–Crippen MR) is 64.2 cm³/mol. The molecule has 3 aliphatic carbocycles. The Bertz CT molecular complexity index is 350. The minimum atomic E-state index is -1.37. The molecule has 0 aliphatic heterocycles. The molecule has 2 fully saturated rings. The number of allylic oxidation sites excluding steroid dienone is 2. The lowest BCUT2D eigenvalue weighted by Crippen LogP contribution is -2.31. The van der Waals surface area contributed by atoms with E-state index in [1.165, 1.54) is 24.5 Å². The second kappa shape index (κ2) is 2.85. The maximum atomic E-state index is 12.4. The molecular formula is C13H20OSi. The summed E-state index contributed by atoms with van der Waals surface area (Å²) in [5.74, 6) is 3.23. The molecule has 1 nitrogen and oxygen atoms in total. The average molecular weight is 220 g/mol. The largest absolute Gasteiger partial charge is 0.295 e. The fourth-order valence-electron chi connectivity index (χ4n) is 4.04. The zero-order valence-corrected chi connectivity index (χ0v) is 10.9. The van der Waals surface area contributed by atoms with Crippen LogP contribution in [0.15, 0.2) is 11.3 Å². The molecule has 0 amide bonds. The number of hydrogen-bond acceptors (Lipinski definition) is 1. The average Bonchev–Trinajstić information content (AvgIpc) is 2.73. The molecule has 0 heterocycles. The number of Topliss-reactive ketones (excluding diaryl/α,β-unsaturated/α-hetero) is 1. The van der Waals surface area contributed by atoms with Crippen molar-refractivity contribution in [1.29, 1.82) is 0 Å². The maximum Gasteiger partial charge on any atom is 0.158 e. The van der Waals surface area contributed by atoms with Crippen LogP contribution in [0.3, 0.4) is 0 Å². The normalized spacial score (nSPS) is 43.4. The molecule has 2 heteroatoms. The van der Waals surface area contributed by atoms with E-state index in [0.29, 0.717) is 17.6 Å². The minimum absolute atomic E-state index is 0.422. The first-order chi connectivity index (χ1) is 6.98. The summed E-state index contributed by atoms with van der Waals surface area (Å²) in [6, 6.07) is 0.